The van der Waals surface area contributed by atoms with E-state index in [4.69, 9.17) is 0 Å². The maximum atomic E-state index is 13.9. The van der Waals surface area contributed by atoms with Crippen molar-refractivity contribution in [3.63, 3.8) is 0 Å². The second-order valence-electron chi connectivity index (χ2n) is 6.28. The van der Waals surface area contributed by atoms with Crippen molar-refractivity contribution < 1.29 is 4.39 Å². The monoisotopic (exact) mass is 378 g/mol. The molecular weight excluding hydrogens is 359 g/mol. The largest absolute Gasteiger partial charge is 0.305 e. The summed E-state index contributed by atoms with van der Waals surface area (Å²) in [7, 11) is 0. The molecule has 0 saturated carbocycles. The lowest BCUT2D eigenvalue weighted by molar-refractivity contribution is 0.579. The van der Waals surface area contributed by atoms with Crippen LogP contribution in [0.3, 0.4) is 0 Å². The maximum Gasteiger partial charge on any atom is 0.138 e. The van der Waals surface area contributed by atoms with Crippen LogP contribution in [-0.4, -0.2) is 14.8 Å². The number of hydrogen-bond acceptors (Lipinski definition) is 4. The SMILES string of the molecule is CC(NCc1ccc(-c2ccccc2F)s1)c1ccc(-n2cncn2)cc1. The zero-order chi connectivity index (χ0) is 18.6. The Labute approximate surface area is 161 Å². The van der Waals surface area contributed by atoms with E-state index in [1.807, 2.05) is 30.3 Å². The van der Waals surface area contributed by atoms with E-state index in [9.17, 15) is 4.39 Å². The first-order chi connectivity index (χ1) is 13.2. The molecule has 0 bridgehead atoms. The summed E-state index contributed by atoms with van der Waals surface area (Å²) in [5.41, 5.74) is 2.84. The van der Waals surface area contributed by atoms with Crippen LogP contribution in [0.2, 0.25) is 0 Å². The smallest absolute Gasteiger partial charge is 0.138 e. The minimum Gasteiger partial charge on any atom is -0.305 e. The minimum atomic E-state index is -0.181. The molecule has 1 atom stereocenters. The molecule has 2 aromatic carbocycles. The van der Waals surface area contributed by atoms with E-state index in [1.165, 1.54) is 22.8 Å². The van der Waals surface area contributed by atoms with Crippen LogP contribution in [0.5, 0.6) is 0 Å². The van der Waals surface area contributed by atoms with Gasteiger partial charge in [0, 0.05) is 27.9 Å². The molecule has 0 saturated heterocycles. The van der Waals surface area contributed by atoms with Gasteiger partial charge < -0.3 is 5.32 Å². The molecule has 4 aromatic rings. The Kier molecular flexibility index (Phi) is 5.09. The lowest BCUT2D eigenvalue weighted by atomic mass is 10.1. The van der Waals surface area contributed by atoms with Gasteiger partial charge in [0.25, 0.3) is 0 Å². The minimum absolute atomic E-state index is 0.181. The predicted octanol–water partition coefficient (Wildman–Crippen LogP) is 4.99. The van der Waals surface area contributed by atoms with Crippen molar-refractivity contribution >= 4 is 11.3 Å². The van der Waals surface area contributed by atoms with Gasteiger partial charge in [0.2, 0.25) is 0 Å². The van der Waals surface area contributed by atoms with Crippen LogP contribution >= 0.6 is 11.3 Å². The number of rotatable bonds is 6. The van der Waals surface area contributed by atoms with E-state index in [-0.39, 0.29) is 11.9 Å². The van der Waals surface area contributed by atoms with E-state index >= 15 is 0 Å². The van der Waals surface area contributed by atoms with Gasteiger partial charge in [0.05, 0.1) is 5.69 Å². The van der Waals surface area contributed by atoms with Gasteiger partial charge in [-0.05, 0) is 42.8 Å². The molecule has 0 amide bonds. The van der Waals surface area contributed by atoms with Crippen LogP contribution < -0.4 is 5.32 Å². The summed E-state index contributed by atoms with van der Waals surface area (Å²) in [6.07, 6.45) is 3.20. The zero-order valence-electron chi connectivity index (χ0n) is 14.8. The molecule has 27 heavy (non-hydrogen) atoms. The maximum absolute atomic E-state index is 13.9. The van der Waals surface area contributed by atoms with Crippen LogP contribution in [0.4, 0.5) is 4.39 Å². The van der Waals surface area contributed by atoms with Crippen molar-refractivity contribution in [1.29, 1.82) is 0 Å². The predicted molar refractivity (Wildman–Crippen MR) is 106 cm³/mol. The zero-order valence-corrected chi connectivity index (χ0v) is 15.7. The Morgan fingerprint density at radius 2 is 1.89 bits per heavy atom. The van der Waals surface area contributed by atoms with Crippen LogP contribution in [0.15, 0.2) is 73.3 Å². The normalized spacial score (nSPS) is 12.2. The summed E-state index contributed by atoms with van der Waals surface area (Å²) in [4.78, 5) is 6.10. The first-order valence-electron chi connectivity index (χ1n) is 8.72. The molecule has 1 N–H and O–H groups in total. The topological polar surface area (TPSA) is 42.7 Å². The van der Waals surface area contributed by atoms with Crippen LogP contribution in [0, 0.1) is 5.82 Å². The first kappa shape index (κ1) is 17.6. The number of nitrogens with one attached hydrogen (secondary N) is 1. The molecule has 2 heterocycles. The fourth-order valence-corrected chi connectivity index (χ4v) is 3.89. The highest BCUT2D eigenvalue weighted by Crippen LogP contribution is 2.30. The third kappa shape index (κ3) is 3.97. The molecule has 0 radical (unpaired) electrons. The standard InChI is InChI=1S/C21H19FN4S/c1-15(16-6-8-17(9-7-16)26-14-23-13-25-26)24-12-18-10-11-21(27-18)19-4-2-3-5-20(19)22/h2-11,13-15,24H,12H2,1H3. The highest BCUT2D eigenvalue weighted by molar-refractivity contribution is 7.15. The third-order valence-corrected chi connectivity index (χ3v) is 5.58. The molecule has 4 rings (SSSR count). The highest BCUT2D eigenvalue weighted by Gasteiger charge is 2.09. The van der Waals surface area contributed by atoms with Crippen LogP contribution in [0.1, 0.15) is 23.4 Å². The van der Waals surface area contributed by atoms with E-state index < -0.39 is 0 Å². The molecular formula is C21H19FN4S. The Bertz CT molecular complexity index is 1010. The summed E-state index contributed by atoms with van der Waals surface area (Å²) in [5, 5.41) is 7.67. The molecule has 4 nitrogen and oxygen atoms in total. The van der Waals surface area contributed by atoms with Crippen molar-refractivity contribution in [1.82, 2.24) is 20.1 Å². The fraction of sp³-hybridized carbons (Fsp3) is 0.143. The number of nitrogens with zero attached hydrogens (tertiary/aromatic N) is 3. The van der Waals surface area contributed by atoms with Crippen molar-refractivity contribution in [2.45, 2.75) is 19.5 Å². The molecule has 6 heteroatoms. The summed E-state index contributed by atoms with van der Waals surface area (Å²) in [6, 6.07) is 19.4. The molecule has 2 aromatic heterocycles. The van der Waals surface area contributed by atoms with Gasteiger partial charge in [-0.15, -0.1) is 11.3 Å². The number of aromatic nitrogens is 3. The summed E-state index contributed by atoms with van der Waals surface area (Å²) < 4.78 is 15.7. The molecule has 0 fully saturated rings. The summed E-state index contributed by atoms with van der Waals surface area (Å²) in [6.45, 7) is 2.88. The molecule has 0 aliphatic carbocycles. The van der Waals surface area contributed by atoms with Crippen molar-refractivity contribution in [2.75, 3.05) is 0 Å². The van der Waals surface area contributed by atoms with Gasteiger partial charge in [-0.2, -0.15) is 5.10 Å². The second kappa shape index (κ2) is 7.82. The van der Waals surface area contributed by atoms with Crippen molar-refractivity contribution in [3.8, 4) is 16.1 Å². The lowest BCUT2D eigenvalue weighted by Gasteiger charge is -2.14. The lowest BCUT2D eigenvalue weighted by Crippen LogP contribution is -2.17. The molecule has 1 unspecified atom stereocenters. The summed E-state index contributed by atoms with van der Waals surface area (Å²) in [5.74, 6) is -0.181. The molecule has 136 valence electrons. The first-order valence-corrected chi connectivity index (χ1v) is 9.54. The van der Waals surface area contributed by atoms with E-state index in [0.29, 0.717) is 5.56 Å². The molecule has 0 spiro atoms. The van der Waals surface area contributed by atoms with E-state index in [1.54, 1.807) is 28.4 Å². The van der Waals surface area contributed by atoms with Crippen LogP contribution in [-0.2, 0) is 6.54 Å². The Morgan fingerprint density at radius 1 is 1.07 bits per heavy atom. The van der Waals surface area contributed by atoms with Gasteiger partial charge in [0.15, 0.2) is 0 Å². The number of halogens is 1. The Morgan fingerprint density at radius 3 is 2.63 bits per heavy atom. The van der Waals surface area contributed by atoms with Gasteiger partial charge in [-0.3, -0.25) is 0 Å². The van der Waals surface area contributed by atoms with Gasteiger partial charge in [-0.1, -0.05) is 30.3 Å². The van der Waals surface area contributed by atoms with Crippen molar-refractivity contribution in [3.05, 3.63) is 89.6 Å². The number of hydrogen-bond donors (Lipinski definition) is 1. The van der Waals surface area contributed by atoms with Gasteiger partial charge >= 0.3 is 0 Å². The third-order valence-electron chi connectivity index (χ3n) is 4.46. The van der Waals surface area contributed by atoms with Crippen molar-refractivity contribution in [2.24, 2.45) is 0 Å². The van der Waals surface area contributed by atoms with Gasteiger partial charge in [0.1, 0.15) is 18.5 Å². The average Bonchev–Trinajstić information content (AvgIpc) is 3.39. The average molecular weight is 378 g/mol. The fourth-order valence-electron chi connectivity index (χ4n) is 2.91. The highest BCUT2D eigenvalue weighted by atomic mass is 32.1. The number of thiophene rings is 1. The number of benzene rings is 2. The Hall–Kier alpha value is -2.83. The Balaban J connectivity index is 1.39. The van der Waals surface area contributed by atoms with Gasteiger partial charge in [-0.25, -0.2) is 14.1 Å². The quantitative estimate of drug-likeness (QED) is 0.514. The summed E-state index contributed by atoms with van der Waals surface area (Å²) >= 11 is 1.62. The van der Waals surface area contributed by atoms with Crippen LogP contribution in [0.25, 0.3) is 16.1 Å². The van der Waals surface area contributed by atoms with E-state index in [2.05, 4.69) is 40.5 Å². The second-order valence-corrected chi connectivity index (χ2v) is 7.45. The molecule has 0 aliphatic heterocycles. The van der Waals surface area contributed by atoms with E-state index in [0.717, 1.165) is 17.1 Å². The molecule has 0 aliphatic rings.